The normalized spacial score (nSPS) is 14.0. The Balaban J connectivity index is 1.99. The average molecular weight is 363 g/mol. The maximum Gasteiger partial charge on any atom is 0.103 e. The van der Waals surface area contributed by atoms with Crippen molar-refractivity contribution in [2.45, 2.75) is 32.6 Å². The number of nitrogens with zero attached hydrogens (tertiary/aromatic N) is 1. The Morgan fingerprint density at radius 2 is 2.09 bits per heavy atom. The van der Waals surface area contributed by atoms with Gasteiger partial charge in [0.25, 0.3) is 0 Å². The van der Waals surface area contributed by atoms with E-state index in [1.807, 2.05) is 24.3 Å². The van der Waals surface area contributed by atoms with Gasteiger partial charge in [-0.05, 0) is 25.0 Å². The van der Waals surface area contributed by atoms with E-state index in [2.05, 4.69) is 18.3 Å². The van der Waals surface area contributed by atoms with Crippen LogP contribution in [0.2, 0.25) is 5.02 Å². The van der Waals surface area contributed by atoms with Crippen molar-refractivity contribution in [2.75, 3.05) is 11.9 Å². The van der Waals surface area contributed by atoms with Gasteiger partial charge in [-0.2, -0.15) is 0 Å². The van der Waals surface area contributed by atoms with Gasteiger partial charge in [-0.1, -0.05) is 61.8 Å². The lowest BCUT2D eigenvalue weighted by Crippen LogP contribution is -2.09. The minimum absolute atomic E-state index is 0.502. The van der Waals surface area contributed by atoms with Gasteiger partial charge in [0.2, 0.25) is 0 Å². The molecule has 23 heavy (non-hydrogen) atoms. The summed E-state index contributed by atoms with van der Waals surface area (Å²) in [6.07, 6.45) is 4.83. The smallest absolute Gasteiger partial charge is 0.103 e. The SMILES string of the molecule is CCCCCc1cc2c(s1)NC(=S)CN=C2c1ccccc1Cl. The Hall–Kier alpha value is -1.23. The van der Waals surface area contributed by atoms with E-state index in [9.17, 15) is 0 Å². The highest BCUT2D eigenvalue weighted by Crippen LogP contribution is 2.34. The van der Waals surface area contributed by atoms with Crippen LogP contribution < -0.4 is 5.32 Å². The molecule has 2 nitrogen and oxygen atoms in total. The molecule has 120 valence electrons. The third-order valence-corrected chi connectivity index (χ3v) is 5.50. The van der Waals surface area contributed by atoms with E-state index >= 15 is 0 Å². The maximum absolute atomic E-state index is 6.39. The summed E-state index contributed by atoms with van der Waals surface area (Å²) in [6, 6.07) is 10.1. The molecule has 0 saturated heterocycles. The molecular formula is C18H19ClN2S2. The molecule has 1 aromatic heterocycles. The second-order valence-electron chi connectivity index (χ2n) is 5.61. The molecule has 0 unspecified atom stereocenters. The molecule has 3 rings (SSSR count). The average Bonchev–Trinajstić information content (AvgIpc) is 2.85. The van der Waals surface area contributed by atoms with Crippen LogP contribution in [0.15, 0.2) is 35.3 Å². The van der Waals surface area contributed by atoms with E-state index in [1.165, 1.54) is 24.1 Å². The van der Waals surface area contributed by atoms with Crippen LogP contribution >= 0.6 is 35.2 Å². The van der Waals surface area contributed by atoms with Gasteiger partial charge >= 0.3 is 0 Å². The largest absolute Gasteiger partial charge is 0.340 e. The van der Waals surface area contributed by atoms with Crippen molar-refractivity contribution in [1.29, 1.82) is 0 Å². The monoisotopic (exact) mass is 362 g/mol. The van der Waals surface area contributed by atoms with Crippen LogP contribution in [0.5, 0.6) is 0 Å². The summed E-state index contributed by atoms with van der Waals surface area (Å²) in [5.41, 5.74) is 3.03. The first kappa shape index (κ1) is 16.6. The first-order chi connectivity index (χ1) is 11.2. The second-order valence-corrected chi connectivity index (χ2v) is 7.64. The van der Waals surface area contributed by atoms with E-state index in [4.69, 9.17) is 28.8 Å². The summed E-state index contributed by atoms with van der Waals surface area (Å²) in [4.78, 5) is 6.86. The summed E-state index contributed by atoms with van der Waals surface area (Å²) in [5.74, 6) is 0. The molecule has 5 heteroatoms. The van der Waals surface area contributed by atoms with Crippen LogP contribution in [0.4, 0.5) is 5.00 Å². The van der Waals surface area contributed by atoms with Crippen molar-refractivity contribution in [2.24, 2.45) is 4.99 Å². The first-order valence-corrected chi connectivity index (χ1v) is 9.51. The molecule has 1 aromatic carbocycles. The molecule has 0 atom stereocenters. The second kappa shape index (κ2) is 7.56. The standard InChI is InChI=1S/C18H19ClN2S2/c1-2-3-4-7-12-10-14-17(13-8-5-6-9-15(13)19)20-11-16(22)21-18(14)23-12/h5-6,8-10H,2-4,7,11H2,1H3,(H,21,22). The molecule has 0 aliphatic carbocycles. The third kappa shape index (κ3) is 3.82. The van der Waals surface area contributed by atoms with E-state index in [0.29, 0.717) is 6.54 Å². The number of benzene rings is 1. The fourth-order valence-electron chi connectivity index (χ4n) is 2.67. The van der Waals surface area contributed by atoms with Crippen LogP contribution in [-0.4, -0.2) is 17.2 Å². The van der Waals surface area contributed by atoms with Crippen molar-refractivity contribution < 1.29 is 0 Å². The minimum Gasteiger partial charge on any atom is -0.340 e. The number of thiophene rings is 1. The van der Waals surface area contributed by atoms with E-state index in [1.54, 1.807) is 11.3 Å². The molecule has 1 aliphatic heterocycles. The van der Waals surface area contributed by atoms with Crippen molar-refractivity contribution >= 4 is 50.9 Å². The van der Waals surface area contributed by atoms with Gasteiger partial charge in [-0.15, -0.1) is 11.3 Å². The van der Waals surface area contributed by atoms with E-state index < -0.39 is 0 Å². The number of hydrogen-bond acceptors (Lipinski definition) is 3. The molecular weight excluding hydrogens is 344 g/mol. The molecule has 0 fully saturated rings. The summed E-state index contributed by atoms with van der Waals surface area (Å²) >= 11 is 13.6. The van der Waals surface area contributed by atoms with Crippen molar-refractivity contribution in [3.8, 4) is 0 Å². The number of rotatable bonds is 5. The van der Waals surface area contributed by atoms with Gasteiger partial charge in [0, 0.05) is 21.0 Å². The van der Waals surface area contributed by atoms with Crippen LogP contribution in [0.1, 0.15) is 42.2 Å². The molecule has 0 spiro atoms. The van der Waals surface area contributed by atoms with Crippen molar-refractivity contribution in [1.82, 2.24) is 0 Å². The van der Waals surface area contributed by atoms with Crippen LogP contribution in [0, 0.1) is 0 Å². The molecule has 0 amide bonds. The van der Waals surface area contributed by atoms with E-state index in [-0.39, 0.29) is 0 Å². The van der Waals surface area contributed by atoms with Gasteiger partial charge in [0.15, 0.2) is 0 Å². The lowest BCUT2D eigenvalue weighted by molar-refractivity contribution is 0.722. The zero-order valence-electron chi connectivity index (χ0n) is 13.1. The van der Waals surface area contributed by atoms with Gasteiger partial charge in [0.05, 0.1) is 12.3 Å². The summed E-state index contributed by atoms with van der Waals surface area (Å²) in [7, 11) is 0. The van der Waals surface area contributed by atoms with Crippen molar-refractivity contribution in [3.05, 3.63) is 51.4 Å². The molecule has 0 saturated carbocycles. The molecule has 2 aromatic rings. The van der Waals surface area contributed by atoms with Crippen LogP contribution in [0.25, 0.3) is 0 Å². The Morgan fingerprint density at radius 1 is 1.26 bits per heavy atom. The van der Waals surface area contributed by atoms with E-state index in [0.717, 1.165) is 38.3 Å². The van der Waals surface area contributed by atoms with Crippen molar-refractivity contribution in [3.63, 3.8) is 0 Å². The highest BCUT2D eigenvalue weighted by atomic mass is 35.5. The van der Waals surface area contributed by atoms with Gasteiger partial charge in [0.1, 0.15) is 9.99 Å². The predicted octanol–water partition coefficient (Wildman–Crippen LogP) is 5.72. The van der Waals surface area contributed by atoms with Crippen LogP contribution in [0.3, 0.4) is 0 Å². The molecule has 1 aliphatic rings. The Labute approximate surface area is 151 Å². The summed E-state index contributed by atoms with van der Waals surface area (Å²) < 4.78 is 0. The van der Waals surface area contributed by atoms with Gasteiger partial charge in [-0.3, -0.25) is 4.99 Å². The number of fused-ring (bicyclic) bond motifs is 1. The summed E-state index contributed by atoms with van der Waals surface area (Å²) in [6.45, 7) is 2.73. The minimum atomic E-state index is 0.502. The molecule has 1 N–H and O–H groups in total. The molecule has 0 bridgehead atoms. The number of anilines is 1. The Bertz CT molecular complexity index is 749. The number of aryl methyl sites for hydroxylation is 1. The number of halogens is 1. The lowest BCUT2D eigenvalue weighted by atomic mass is 10.0. The first-order valence-electron chi connectivity index (χ1n) is 7.91. The topological polar surface area (TPSA) is 24.4 Å². The molecule has 2 heterocycles. The fraction of sp³-hybridized carbons (Fsp3) is 0.333. The number of hydrogen-bond donors (Lipinski definition) is 1. The number of aliphatic imine (C=N–C) groups is 1. The number of thiocarbonyl (C=S) groups is 1. The highest BCUT2D eigenvalue weighted by molar-refractivity contribution is 7.80. The Kier molecular flexibility index (Phi) is 5.46. The summed E-state index contributed by atoms with van der Waals surface area (Å²) in [5, 5.41) is 5.17. The zero-order valence-corrected chi connectivity index (χ0v) is 15.5. The Morgan fingerprint density at radius 3 is 2.87 bits per heavy atom. The number of unbranched alkanes of at least 4 members (excludes halogenated alkanes) is 2. The third-order valence-electron chi connectivity index (χ3n) is 3.83. The maximum atomic E-state index is 6.39. The van der Waals surface area contributed by atoms with Gasteiger partial charge in [-0.25, -0.2) is 0 Å². The fourth-order valence-corrected chi connectivity index (χ4v) is 4.25. The molecule has 0 radical (unpaired) electrons. The highest BCUT2D eigenvalue weighted by Gasteiger charge is 2.21. The van der Waals surface area contributed by atoms with Crippen LogP contribution in [-0.2, 0) is 6.42 Å². The number of nitrogens with one attached hydrogen (secondary N) is 1. The lowest BCUT2D eigenvalue weighted by Gasteiger charge is -2.07. The predicted molar refractivity (Wildman–Crippen MR) is 106 cm³/mol. The zero-order chi connectivity index (χ0) is 16.2. The van der Waals surface area contributed by atoms with Gasteiger partial charge < -0.3 is 5.32 Å². The quantitative estimate of drug-likeness (QED) is 0.543.